The van der Waals surface area contributed by atoms with E-state index in [-0.39, 0.29) is 11.9 Å². The lowest BCUT2D eigenvalue weighted by atomic mass is 10.0. The molecule has 1 N–H and O–H groups in total. The third-order valence-corrected chi connectivity index (χ3v) is 6.28. The van der Waals surface area contributed by atoms with Crippen LogP contribution in [-0.4, -0.2) is 53.5 Å². The zero-order valence-corrected chi connectivity index (χ0v) is 19.3. The minimum Gasteiger partial charge on any atom is -0.354 e. The quantitative estimate of drug-likeness (QED) is 0.740. The van der Waals surface area contributed by atoms with E-state index in [4.69, 9.17) is 4.98 Å². The molecule has 2 aromatic rings. The Morgan fingerprint density at radius 1 is 1.06 bits per heavy atom. The number of nitrogens with zero attached hydrogens (tertiary/aromatic N) is 4. The molecule has 6 nitrogen and oxygen atoms in total. The van der Waals surface area contributed by atoms with Gasteiger partial charge >= 0.3 is 0 Å². The first-order valence-corrected chi connectivity index (χ1v) is 11.6. The van der Waals surface area contributed by atoms with Crippen molar-refractivity contribution < 1.29 is 4.79 Å². The second-order valence-corrected chi connectivity index (χ2v) is 9.44. The van der Waals surface area contributed by atoms with E-state index in [0.717, 1.165) is 43.5 Å². The summed E-state index contributed by atoms with van der Waals surface area (Å²) in [6.07, 6.45) is 2.41. The Morgan fingerprint density at radius 2 is 1.74 bits per heavy atom. The summed E-state index contributed by atoms with van der Waals surface area (Å²) in [5, 5.41) is 3.32. The van der Waals surface area contributed by atoms with Gasteiger partial charge in [-0.2, -0.15) is 0 Å². The summed E-state index contributed by atoms with van der Waals surface area (Å²) in [6, 6.07) is 10.8. The molecule has 0 radical (unpaired) electrons. The Labute approximate surface area is 186 Å². The zero-order chi connectivity index (χ0) is 22.0. The molecule has 166 valence electrons. The van der Waals surface area contributed by atoms with Crippen molar-refractivity contribution in [3.05, 3.63) is 53.0 Å². The van der Waals surface area contributed by atoms with Crippen molar-refractivity contribution in [2.75, 3.05) is 37.6 Å². The molecule has 6 heteroatoms. The van der Waals surface area contributed by atoms with Crippen molar-refractivity contribution in [2.45, 2.75) is 52.5 Å². The van der Waals surface area contributed by atoms with Crippen molar-refractivity contribution >= 4 is 11.7 Å². The number of nitrogens with one attached hydrogen (secondary N) is 1. The van der Waals surface area contributed by atoms with E-state index in [2.05, 4.69) is 71.2 Å². The van der Waals surface area contributed by atoms with Gasteiger partial charge < -0.3 is 10.2 Å². The molecule has 1 atom stereocenters. The van der Waals surface area contributed by atoms with Crippen molar-refractivity contribution in [3.8, 4) is 0 Å². The smallest absolute Gasteiger partial charge is 0.234 e. The van der Waals surface area contributed by atoms with E-state index in [0.29, 0.717) is 18.4 Å². The van der Waals surface area contributed by atoms with Gasteiger partial charge in [0.25, 0.3) is 0 Å². The van der Waals surface area contributed by atoms with Crippen LogP contribution in [0.25, 0.3) is 0 Å². The lowest BCUT2D eigenvalue weighted by Crippen LogP contribution is -2.50. The molecular weight excluding hydrogens is 386 g/mol. The Hall–Kier alpha value is -2.47. The molecular formula is C25H35N5O. The molecule has 1 aliphatic heterocycles. The van der Waals surface area contributed by atoms with Crippen LogP contribution in [0.15, 0.2) is 30.3 Å². The molecule has 0 spiro atoms. The van der Waals surface area contributed by atoms with Gasteiger partial charge in [-0.3, -0.25) is 9.69 Å². The molecule has 4 rings (SSSR count). The summed E-state index contributed by atoms with van der Waals surface area (Å²) in [7, 11) is 0. The Kier molecular flexibility index (Phi) is 6.56. The van der Waals surface area contributed by atoms with Crippen molar-refractivity contribution in [2.24, 2.45) is 5.92 Å². The number of aromatic nitrogens is 2. The Balaban J connectivity index is 1.31. The Morgan fingerprint density at radius 3 is 2.35 bits per heavy atom. The van der Waals surface area contributed by atoms with Gasteiger partial charge in [-0.15, -0.1) is 0 Å². The first kappa shape index (κ1) is 21.8. The van der Waals surface area contributed by atoms with Crippen LogP contribution >= 0.6 is 0 Å². The van der Waals surface area contributed by atoms with Crippen LogP contribution in [0.3, 0.4) is 0 Å². The number of hydrogen-bond donors (Lipinski definition) is 1. The number of anilines is 1. The molecule has 1 amide bonds. The number of carbonyl (C=O) groups excluding carboxylic acids is 1. The molecule has 2 aliphatic rings. The normalized spacial score (nSPS) is 18.3. The summed E-state index contributed by atoms with van der Waals surface area (Å²) in [5.74, 6) is 2.94. The molecule has 1 aromatic carbocycles. The number of rotatable bonds is 7. The second-order valence-electron chi connectivity index (χ2n) is 9.44. The fourth-order valence-electron chi connectivity index (χ4n) is 4.23. The lowest BCUT2D eigenvalue weighted by molar-refractivity contribution is -0.123. The highest BCUT2D eigenvalue weighted by Gasteiger charge is 2.33. The van der Waals surface area contributed by atoms with Gasteiger partial charge in [0.2, 0.25) is 5.91 Å². The van der Waals surface area contributed by atoms with Crippen LogP contribution in [0, 0.1) is 19.8 Å². The number of piperazine rings is 1. The zero-order valence-electron chi connectivity index (χ0n) is 19.3. The molecule has 31 heavy (non-hydrogen) atoms. The van der Waals surface area contributed by atoms with E-state index in [9.17, 15) is 4.79 Å². The van der Waals surface area contributed by atoms with Crippen molar-refractivity contribution in [3.63, 3.8) is 0 Å². The second kappa shape index (κ2) is 9.35. The highest BCUT2D eigenvalue weighted by atomic mass is 16.2. The number of hydrogen-bond acceptors (Lipinski definition) is 5. The first-order chi connectivity index (χ1) is 14.9. The SMILES string of the molecule is Cc1ccc(C(NC(=O)CN2CCN(c3cc(C)nc(C(C)C)n3)CC2)C2CC2)cc1. The number of amides is 1. The van der Waals surface area contributed by atoms with Crippen molar-refractivity contribution in [1.29, 1.82) is 0 Å². The van der Waals surface area contributed by atoms with E-state index in [1.165, 1.54) is 24.0 Å². The molecule has 0 bridgehead atoms. The molecule has 1 saturated heterocycles. The van der Waals surface area contributed by atoms with Gasteiger partial charge in [-0.1, -0.05) is 43.7 Å². The highest BCUT2D eigenvalue weighted by molar-refractivity contribution is 5.78. The van der Waals surface area contributed by atoms with E-state index < -0.39 is 0 Å². The van der Waals surface area contributed by atoms with E-state index in [1.54, 1.807) is 0 Å². The van der Waals surface area contributed by atoms with Gasteiger partial charge in [0.05, 0.1) is 12.6 Å². The predicted molar refractivity (Wildman–Crippen MR) is 124 cm³/mol. The monoisotopic (exact) mass is 421 g/mol. The van der Waals surface area contributed by atoms with Crippen LogP contribution in [0.5, 0.6) is 0 Å². The maximum absolute atomic E-state index is 12.8. The minimum atomic E-state index is 0.130. The maximum Gasteiger partial charge on any atom is 0.234 e. The summed E-state index contributed by atoms with van der Waals surface area (Å²) in [4.78, 5) is 26.7. The maximum atomic E-state index is 12.8. The fraction of sp³-hybridized carbons (Fsp3) is 0.560. The molecule has 1 aliphatic carbocycles. The van der Waals surface area contributed by atoms with E-state index in [1.807, 2.05) is 6.92 Å². The molecule has 1 saturated carbocycles. The van der Waals surface area contributed by atoms with E-state index >= 15 is 0 Å². The number of carbonyl (C=O) groups is 1. The largest absolute Gasteiger partial charge is 0.354 e. The topological polar surface area (TPSA) is 61.4 Å². The number of benzene rings is 1. The standard InChI is InChI=1S/C25H35N5O/c1-17(2)25-26-19(4)15-22(27-25)30-13-11-29(12-14-30)16-23(31)28-24(21-9-10-21)20-7-5-18(3)6-8-20/h5-8,15,17,21,24H,9-14,16H2,1-4H3,(H,28,31). The molecule has 2 fully saturated rings. The van der Waals surface area contributed by atoms with Gasteiger partial charge in [-0.05, 0) is 38.2 Å². The third-order valence-electron chi connectivity index (χ3n) is 6.28. The predicted octanol–water partition coefficient (Wildman–Crippen LogP) is 3.61. The van der Waals surface area contributed by atoms with Gasteiger partial charge in [-0.25, -0.2) is 9.97 Å². The first-order valence-electron chi connectivity index (χ1n) is 11.6. The van der Waals surface area contributed by atoms with Crippen LogP contribution in [0.4, 0.5) is 5.82 Å². The average molecular weight is 422 g/mol. The van der Waals surface area contributed by atoms with Gasteiger partial charge in [0, 0.05) is 43.9 Å². The van der Waals surface area contributed by atoms with Crippen LogP contribution in [-0.2, 0) is 4.79 Å². The summed E-state index contributed by atoms with van der Waals surface area (Å²) < 4.78 is 0. The molecule has 1 aromatic heterocycles. The summed E-state index contributed by atoms with van der Waals surface area (Å²) >= 11 is 0. The average Bonchev–Trinajstić information content (AvgIpc) is 3.58. The molecule has 2 heterocycles. The van der Waals surface area contributed by atoms with Crippen LogP contribution in [0.2, 0.25) is 0 Å². The highest BCUT2D eigenvalue weighted by Crippen LogP contribution is 2.41. The summed E-state index contributed by atoms with van der Waals surface area (Å²) in [5.41, 5.74) is 3.49. The fourth-order valence-corrected chi connectivity index (χ4v) is 4.23. The third kappa shape index (κ3) is 5.62. The lowest BCUT2D eigenvalue weighted by Gasteiger charge is -2.35. The van der Waals surface area contributed by atoms with Crippen molar-refractivity contribution in [1.82, 2.24) is 20.2 Å². The summed E-state index contributed by atoms with van der Waals surface area (Å²) in [6.45, 7) is 12.3. The Bertz CT molecular complexity index is 899. The van der Waals surface area contributed by atoms with Crippen LogP contribution in [0.1, 0.15) is 61.3 Å². The van der Waals surface area contributed by atoms with Gasteiger partial charge in [0.15, 0.2) is 0 Å². The molecule has 1 unspecified atom stereocenters. The van der Waals surface area contributed by atoms with Gasteiger partial charge in [0.1, 0.15) is 11.6 Å². The number of aryl methyl sites for hydroxylation is 2. The minimum absolute atomic E-state index is 0.130. The van der Waals surface area contributed by atoms with Crippen LogP contribution < -0.4 is 10.2 Å².